The molecule has 0 saturated carbocycles. The number of Topliss-reactive ketones (excluding diaryl/α,β-unsaturated/α-hetero) is 1. The fourth-order valence-corrected chi connectivity index (χ4v) is 3.92. The van der Waals surface area contributed by atoms with Gasteiger partial charge in [-0.2, -0.15) is 0 Å². The molecule has 0 aromatic heterocycles. The van der Waals surface area contributed by atoms with E-state index in [1.54, 1.807) is 12.1 Å². The number of nitrogens with two attached hydrogens (primary N) is 2. The topological polar surface area (TPSA) is 197 Å². The lowest BCUT2D eigenvalue weighted by Crippen LogP contribution is -2.52. The standard InChI is InChI=1S/C29H40N6O6/c1-3-13-35(29(41)25(31)15-20-7-5-4-6-8-20)18-26(38)32-16-23(37)17-33-27(39)19(2)34-28(40)24(30)14-21-9-11-22(36)12-10-21/h4-12,19,24-25,36H,3,13-18,30-31H2,1-2H3,(H,32,38)(H,33,39)(H,34,40)/t19-,24+,25+/m1/s1. The average Bonchev–Trinajstić information content (AvgIpc) is 2.95. The summed E-state index contributed by atoms with van der Waals surface area (Å²) in [5.74, 6) is -2.40. The van der Waals surface area contributed by atoms with Crippen molar-refractivity contribution in [3.63, 3.8) is 0 Å². The molecule has 2 aromatic rings. The van der Waals surface area contributed by atoms with Gasteiger partial charge >= 0.3 is 0 Å². The molecule has 0 aliphatic heterocycles. The van der Waals surface area contributed by atoms with Crippen molar-refractivity contribution in [2.24, 2.45) is 11.5 Å². The van der Waals surface area contributed by atoms with Crippen LogP contribution in [0.15, 0.2) is 54.6 Å². The van der Waals surface area contributed by atoms with E-state index in [-0.39, 0.29) is 37.7 Å². The van der Waals surface area contributed by atoms with Gasteiger partial charge in [-0.3, -0.25) is 24.0 Å². The van der Waals surface area contributed by atoms with Gasteiger partial charge in [0.15, 0.2) is 5.78 Å². The van der Waals surface area contributed by atoms with Crippen LogP contribution in [-0.4, -0.2) is 83.7 Å². The first kappa shape index (κ1) is 32.9. The Kier molecular flexibility index (Phi) is 13.4. The molecule has 0 aliphatic carbocycles. The molecule has 12 heteroatoms. The van der Waals surface area contributed by atoms with Crippen molar-refractivity contribution in [1.82, 2.24) is 20.9 Å². The lowest BCUT2D eigenvalue weighted by molar-refractivity contribution is -0.137. The Hall–Kier alpha value is -4.29. The van der Waals surface area contributed by atoms with Gasteiger partial charge in [-0.1, -0.05) is 49.4 Å². The Morgan fingerprint density at radius 3 is 2.05 bits per heavy atom. The number of nitrogens with one attached hydrogen (secondary N) is 3. The minimum absolute atomic E-state index is 0.0963. The molecule has 4 amide bonds. The molecule has 222 valence electrons. The number of nitrogens with zero attached hydrogens (tertiary/aromatic N) is 1. The highest BCUT2D eigenvalue weighted by Crippen LogP contribution is 2.11. The maximum atomic E-state index is 12.8. The maximum Gasteiger partial charge on any atom is 0.242 e. The summed E-state index contributed by atoms with van der Waals surface area (Å²) in [6, 6.07) is 12.9. The number of phenols is 1. The molecular weight excluding hydrogens is 528 g/mol. The Morgan fingerprint density at radius 2 is 1.41 bits per heavy atom. The molecule has 0 unspecified atom stereocenters. The second kappa shape index (κ2) is 16.7. The van der Waals surface area contributed by atoms with E-state index in [0.717, 1.165) is 11.1 Å². The normalized spacial score (nSPS) is 12.9. The van der Waals surface area contributed by atoms with Crippen molar-refractivity contribution < 1.29 is 29.1 Å². The molecule has 12 nitrogen and oxygen atoms in total. The molecule has 0 spiro atoms. The molecule has 41 heavy (non-hydrogen) atoms. The van der Waals surface area contributed by atoms with E-state index in [2.05, 4.69) is 16.0 Å². The summed E-state index contributed by atoms with van der Waals surface area (Å²) >= 11 is 0. The second-order valence-corrected chi connectivity index (χ2v) is 9.80. The molecule has 2 rings (SSSR count). The highest BCUT2D eigenvalue weighted by Gasteiger charge is 2.24. The number of carbonyl (C=O) groups excluding carboxylic acids is 5. The molecule has 8 N–H and O–H groups in total. The minimum atomic E-state index is -0.954. The predicted octanol–water partition coefficient (Wildman–Crippen LogP) is -0.623. The lowest BCUT2D eigenvalue weighted by Gasteiger charge is -2.25. The summed E-state index contributed by atoms with van der Waals surface area (Å²) in [4.78, 5) is 63.6. The molecular formula is C29H40N6O6. The van der Waals surface area contributed by atoms with E-state index in [4.69, 9.17) is 11.5 Å². The van der Waals surface area contributed by atoms with Gasteiger partial charge in [-0.05, 0) is 49.4 Å². The summed E-state index contributed by atoms with van der Waals surface area (Å²) in [6.45, 7) is 2.71. The molecule has 2 aromatic carbocycles. The van der Waals surface area contributed by atoms with Crippen molar-refractivity contribution in [3.05, 3.63) is 65.7 Å². The number of hydrogen-bond acceptors (Lipinski definition) is 8. The van der Waals surface area contributed by atoms with Gasteiger partial charge in [0.1, 0.15) is 11.8 Å². The van der Waals surface area contributed by atoms with Gasteiger partial charge in [0.2, 0.25) is 23.6 Å². The van der Waals surface area contributed by atoms with Crippen LogP contribution in [0.1, 0.15) is 31.4 Å². The van der Waals surface area contributed by atoms with Crippen LogP contribution < -0.4 is 27.4 Å². The van der Waals surface area contributed by atoms with E-state index in [9.17, 15) is 29.1 Å². The number of amides is 4. The van der Waals surface area contributed by atoms with Crippen LogP contribution in [-0.2, 0) is 36.8 Å². The van der Waals surface area contributed by atoms with Crippen molar-refractivity contribution in [1.29, 1.82) is 0 Å². The van der Waals surface area contributed by atoms with E-state index in [1.165, 1.54) is 24.0 Å². The van der Waals surface area contributed by atoms with Gasteiger partial charge in [0.05, 0.1) is 31.7 Å². The van der Waals surface area contributed by atoms with Crippen LogP contribution in [0.5, 0.6) is 5.75 Å². The average molecular weight is 569 g/mol. The third-order valence-electron chi connectivity index (χ3n) is 6.18. The number of carbonyl (C=O) groups is 5. The Labute approximate surface area is 239 Å². The highest BCUT2D eigenvalue weighted by molar-refractivity contribution is 5.94. The van der Waals surface area contributed by atoms with Crippen LogP contribution in [0.25, 0.3) is 0 Å². The van der Waals surface area contributed by atoms with E-state index < -0.39 is 41.6 Å². The molecule has 0 radical (unpaired) electrons. The summed E-state index contributed by atoms with van der Waals surface area (Å²) in [5, 5.41) is 16.7. The number of ketones is 1. The predicted molar refractivity (Wildman–Crippen MR) is 153 cm³/mol. The van der Waals surface area contributed by atoms with Crippen LogP contribution in [0, 0.1) is 0 Å². The highest BCUT2D eigenvalue weighted by atomic mass is 16.3. The van der Waals surface area contributed by atoms with E-state index in [0.29, 0.717) is 19.4 Å². The lowest BCUT2D eigenvalue weighted by atomic mass is 10.1. The quantitative estimate of drug-likeness (QED) is 0.154. The third-order valence-corrected chi connectivity index (χ3v) is 6.18. The van der Waals surface area contributed by atoms with Gasteiger partial charge in [-0.15, -0.1) is 0 Å². The first-order chi connectivity index (χ1) is 19.5. The molecule has 0 fully saturated rings. The first-order valence-corrected chi connectivity index (χ1v) is 13.5. The van der Waals surface area contributed by atoms with Crippen molar-refractivity contribution in [2.45, 2.75) is 51.2 Å². The number of rotatable bonds is 16. The third kappa shape index (κ3) is 11.8. The smallest absolute Gasteiger partial charge is 0.242 e. The van der Waals surface area contributed by atoms with Gasteiger partial charge in [-0.25, -0.2) is 0 Å². The van der Waals surface area contributed by atoms with Gasteiger partial charge in [0.25, 0.3) is 0 Å². The van der Waals surface area contributed by atoms with Gasteiger partial charge in [0, 0.05) is 6.54 Å². The number of phenolic OH excluding ortho intramolecular Hbond substituents is 1. The van der Waals surface area contributed by atoms with Crippen molar-refractivity contribution in [2.75, 3.05) is 26.2 Å². The van der Waals surface area contributed by atoms with Crippen LogP contribution in [0.4, 0.5) is 0 Å². The van der Waals surface area contributed by atoms with E-state index >= 15 is 0 Å². The zero-order chi connectivity index (χ0) is 30.4. The second-order valence-electron chi connectivity index (χ2n) is 9.80. The maximum absolute atomic E-state index is 12.8. The van der Waals surface area contributed by atoms with Crippen molar-refractivity contribution in [3.8, 4) is 5.75 Å². The minimum Gasteiger partial charge on any atom is -0.508 e. The van der Waals surface area contributed by atoms with Crippen LogP contribution in [0.3, 0.4) is 0 Å². The molecule has 0 heterocycles. The SMILES string of the molecule is CCCN(CC(=O)NCC(=O)CNC(=O)[C@@H](C)NC(=O)[C@@H](N)Cc1ccc(O)cc1)C(=O)[C@@H](N)Cc1ccccc1. The summed E-state index contributed by atoms with van der Waals surface area (Å²) in [7, 11) is 0. The van der Waals surface area contributed by atoms with Crippen LogP contribution in [0.2, 0.25) is 0 Å². The summed E-state index contributed by atoms with van der Waals surface area (Å²) in [6.07, 6.45) is 1.17. The Bertz CT molecular complexity index is 1170. The summed E-state index contributed by atoms with van der Waals surface area (Å²) in [5.41, 5.74) is 13.7. The van der Waals surface area contributed by atoms with Gasteiger partial charge < -0.3 is 37.4 Å². The largest absolute Gasteiger partial charge is 0.508 e. The number of aromatic hydroxyl groups is 1. The van der Waals surface area contributed by atoms with E-state index in [1.807, 2.05) is 37.3 Å². The fourth-order valence-electron chi connectivity index (χ4n) is 3.92. The zero-order valence-electron chi connectivity index (χ0n) is 23.5. The summed E-state index contributed by atoms with van der Waals surface area (Å²) < 4.78 is 0. The molecule has 3 atom stereocenters. The molecule has 0 aliphatic rings. The molecule has 0 bridgehead atoms. The fraction of sp³-hybridized carbons (Fsp3) is 0.414. The Balaban J connectivity index is 1.73. The number of benzene rings is 2. The Morgan fingerprint density at radius 1 is 0.829 bits per heavy atom. The first-order valence-electron chi connectivity index (χ1n) is 13.5. The zero-order valence-corrected chi connectivity index (χ0v) is 23.5. The van der Waals surface area contributed by atoms with Crippen molar-refractivity contribution >= 4 is 29.4 Å². The molecule has 0 saturated heterocycles. The van der Waals surface area contributed by atoms with Crippen LogP contribution >= 0.6 is 0 Å². The monoisotopic (exact) mass is 568 g/mol. The number of hydrogen-bond donors (Lipinski definition) is 6.